The first-order valence-electron chi connectivity index (χ1n) is 5.74. The number of halogens is 1. The third-order valence-corrected chi connectivity index (χ3v) is 4.43. The fourth-order valence-electron chi connectivity index (χ4n) is 1.53. The topological polar surface area (TPSA) is 82.0 Å². The zero-order valence-electron chi connectivity index (χ0n) is 10.8. The summed E-state index contributed by atoms with van der Waals surface area (Å²) in [5.41, 5.74) is 0.257. The molecule has 0 amide bonds. The van der Waals surface area contributed by atoms with Crippen molar-refractivity contribution < 1.29 is 8.42 Å². The average molecular weight is 302 g/mol. The first-order chi connectivity index (χ1) is 8.90. The quantitative estimate of drug-likeness (QED) is 0.831. The van der Waals surface area contributed by atoms with Crippen LogP contribution < -0.4 is 10.0 Å². The highest BCUT2D eigenvalue weighted by molar-refractivity contribution is 7.89. The van der Waals surface area contributed by atoms with Crippen LogP contribution in [0.5, 0.6) is 0 Å². The molecule has 0 heterocycles. The minimum atomic E-state index is -3.70. The molecule has 0 aliphatic carbocycles. The molecule has 1 aromatic carbocycles. The Bertz CT molecular complexity index is 581. The number of nitrogens with zero attached hydrogens (tertiary/aromatic N) is 1. The van der Waals surface area contributed by atoms with Gasteiger partial charge in [-0.25, -0.2) is 13.1 Å². The summed E-state index contributed by atoms with van der Waals surface area (Å²) in [6.45, 7) is 2.93. The molecule has 0 spiro atoms. The van der Waals surface area contributed by atoms with E-state index in [1.165, 1.54) is 18.2 Å². The molecular weight excluding hydrogens is 286 g/mol. The van der Waals surface area contributed by atoms with Crippen LogP contribution in [0, 0.1) is 17.2 Å². The summed E-state index contributed by atoms with van der Waals surface area (Å²) < 4.78 is 26.7. The third-order valence-electron chi connectivity index (χ3n) is 2.52. The van der Waals surface area contributed by atoms with E-state index in [0.717, 1.165) is 0 Å². The minimum Gasteiger partial charge on any atom is -0.319 e. The van der Waals surface area contributed by atoms with E-state index in [1.54, 1.807) is 7.05 Å². The normalized spacial score (nSPS) is 12.9. The number of nitriles is 1. The number of hydrogen-bond donors (Lipinski definition) is 2. The lowest BCUT2D eigenvalue weighted by atomic mass is 10.2. The van der Waals surface area contributed by atoms with Gasteiger partial charge in [-0.2, -0.15) is 5.26 Å². The molecule has 7 heteroatoms. The number of sulfonamides is 1. The lowest BCUT2D eigenvalue weighted by Crippen LogP contribution is -2.32. The van der Waals surface area contributed by atoms with Gasteiger partial charge in [0.1, 0.15) is 4.90 Å². The van der Waals surface area contributed by atoms with Gasteiger partial charge in [-0.05, 0) is 37.7 Å². The van der Waals surface area contributed by atoms with Gasteiger partial charge in [0.25, 0.3) is 0 Å². The molecular formula is C12H16ClN3O2S. The molecule has 1 aromatic rings. The van der Waals surface area contributed by atoms with Crippen molar-refractivity contribution in [2.24, 2.45) is 5.92 Å². The number of hydrogen-bond acceptors (Lipinski definition) is 4. The molecule has 5 nitrogen and oxygen atoms in total. The largest absolute Gasteiger partial charge is 0.319 e. The summed E-state index contributed by atoms with van der Waals surface area (Å²) in [4.78, 5) is -0.0649. The van der Waals surface area contributed by atoms with Gasteiger partial charge in [-0.3, -0.25) is 0 Å². The Morgan fingerprint density at radius 2 is 2.11 bits per heavy atom. The van der Waals surface area contributed by atoms with Gasteiger partial charge >= 0.3 is 0 Å². The molecule has 104 valence electrons. The molecule has 1 unspecified atom stereocenters. The molecule has 0 saturated carbocycles. The second-order valence-electron chi connectivity index (χ2n) is 4.27. The van der Waals surface area contributed by atoms with Crippen molar-refractivity contribution >= 4 is 21.6 Å². The van der Waals surface area contributed by atoms with Gasteiger partial charge in [-0.1, -0.05) is 18.5 Å². The third kappa shape index (κ3) is 4.48. The van der Waals surface area contributed by atoms with Gasteiger partial charge in [-0.15, -0.1) is 0 Å². The van der Waals surface area contributed by atoms with E-state index < -0.39 is 10.0 Å². The Kier molecular flexibility index (Phi) is 5.76. The first-order valence-corrected chi connectivity index (χ1v) is 7.60. The van der Waals surface area contributed by atoms with Crippen molar-refractivity contribution in [1.82, 2.24) is 10.0 Å². The average Bonchev–Trinajstić information content (AvgIpc) is 2.37. The molecule has 0 fully saturated rings. The molecule has 1 rings (SSSR count). The van der Waals surface area contributed by atoms with Crippen LogP contribution in [-0.4, -0.2) is 28.6 Å². The van der Waals surface area contributed by atoms with Crippen LogP contribution in [0.3, 0.4) is 0 Å². The van der Waals surface area contributed by atoms with Gasteiger partial charge in [0.2, 0.25) is 10.0 Å². The summed E-state index contributed by atoms with van der Waals surface area (Å²) >= 11 is 5.87. The number of nitrogens with one attached hydrogen (secondary N) is 2. The van der Waals surface area contributed by atoms with Gasteiger partial charge in [0, 0.05) is 6.54 Å². The van der Waals surface area contributed by atoms with Gasteiger partial charge < -0.3 is 5.32 Å². The van der Waals surface area contributed by atoms with Crippen molar-refractivity contribution in [3.05, 3.63) is 28.8 Å². The Hall–Kier alpha value is -1.13. The summed E-state index contributed by atoms with van der Waals surface area (Å²) in [6, 6.07) is 6.05. The molecule has 0 aromatic heterocycles. The maximum atomic E-state index is 12.1. The van der Waals surface area contributed by atoms with E-state index in [0.29, 0.717) is 13.1 Å². The van der Waals surface area contributed by atoms with Crippen LogP contribution in [0.2, 0.25) is 5.02 Å². The Morgan fingerprint density at radius 1 is 1.42 bits per heavy atom. The summed E-state index contributed by atoms with van der Waals surface area (Å²) in [5, 5.41) is 11.9. The maximum Gasteiger partial charge on any atom is 0.242 e. The lowest BCUT2D eigenvalue weighted by molar-refractivity contribution is 0.519. The summed E-state index contributed by atoms with van der Waals surface area (Å²) in [5.74, 6) is 0.151. The van der Waals surface area contributed by atoms with E-state index in [-0.39, 0.29) is 21.4 Å². The zero-order chi connectivity index (χ0) is 14.5. The predicted octanol–water partition coefficient (Wildman–Crippen LogP) is 1.35. The second kappa shape index (κ2) is 6.87. The van der Waals surface area contributed by atoms with Gasteiger partial charge in [0.05, 0.1) is 16.7 Å². The van der Waals surface area contributed by atoms with Crippen molar-refractivity contribution in [2.45, 2.75) is 11.8 Å². The standard InChI is InChI=1S/C12H16ClN3O2S/c1-9(7-15-2)8-16-19(17,18)12-5-10(6-14)3-4-11(12)13/h3-5,9,15-16H,7-8H2,1-2H3. The maximum absolute atomic E-state index is 12.1. The molecule has 0 radical (unpaired) electrons. The number of rotatable bonds is 6. The Labute approximate surface area is 118 Å². The van der Waals surface area contributed by atoms with Gasteiger partial charge in [0.15, 0.2) is 0 Å². The van der Waals surface area contributed by atoms with Crippen molar-refractivity contribution in [1.29, 1.82) is 5.26 Å². The zero-order valence-corrected chi connectivity index (χ0v) is 12.3. The highest BCUT2D eigenvalue weighted by Gasteiger charge is 2.19. The first kappa shape index (κ1) is 15.9. The summed E-state index contributed by atoms with van der Waals surface area (Å²) in [6.07, 6.45) is 0. The van der Waals surface area contributed by atoms with Crippen LogP contribution in [0.25, 0.3) is 0 Å². The van der Waals surface area contributed by atoms with Crippen LogP contribution >= 0.6 is 11.6 Å². The van der Waals surface area contributed by atoms with E-state index >= 15 is 0 Å². The van der Waals surface area contributed by atoms with Crippen LogP contribution in [-0.2, 0) is 10.0 Å². The van der Waals surface area contributed by atoms with E-state index in [4.69, 9.17) is 16.9 Å². The van der Waals surface area contributed by atoms with E-state index in [2.05, 4.69) is 10.0 Å². The molecule has 19 heavy (non-hydrogen) atoms. The fraction of sp³-hybridized carbons (Fsp3) is 0.417. The van der Waals surface area contributed by atoms with E-state index in [9.17, 15) is 8.42 Å². The molecule has 2 N–H and O–H groups in total. The van der Waals surface area contributed by atoms with Crippen molar-refractivity contribution in [2.75, 3.05) is 20.1 Å². The smallest absolute Gasteiger partial charge is 0.242 e. The van der Waals surface area contributed by atoms with Crippen LogP contribution in [0.1, 0.15) is 12.5 Å². The molecule has 1 atom stereocenters. The lowest BCUT2D eigenvalue weighted by Gasteiger charge is -2.13. The van der Waals surface area contributed by atoms with E-state index in [1.807, 2.05) is 13.0 Å². The van der Waals surface area contributed by atoms with Crippen LogP contribution in [0.15, 0.2) is 23.1 Å². The summed E-state index contributed by atoms with van der Waals surface area (Å²) in [7, 11) is -1.89. The molecule has 0 aliphatic heterocycles. The second-order valence-corrected chi connectivity index (χ2v) is 6.41. The predicted molar refractivity (Wildman–Crippen MR) is 74.4 cm³/mol. The van der Waals surface area contributed by atoms with Crippen LogP contribution in [0.4, 0.5) is 0 Å². The minimum absolute atomic E-state index is 0.0649. The number of benzene rings is 1. The fourth-order valence-corrected chi connectivity index (χ4v) is 3.22. The monoisotopic (exact) mass is 301 g/mol. The van der Waals surface area contributed by atoms with Crippen molar-refractivity contribution in [3.8, 4) is 6.07 Å². The molecule has 0 saturated heterocycles. The highest BCUT2D eigenvalue weighted by Crippen LogP contribution is 2.22. The molecule has 0 aliphatic rings. The highest BCUT2D eigenvalue weighted by atomic mass is 35.5. The molecule has 0 bridgehead atoms. The SMILES string of the molecule is CNCC(C)CNS(=O)(=O)c1cc(C#N)ccc1Cl. The van der Waals surface area contributed by atoms with Crippen molar-refractivity contribution in [3.63, 3.8) is 0 Å². The Morgan fingerprint density at radius 3 is 2.68 bits per heavy atom. The Balaban J connectivity index is 2.92.